The Morgan fingerprint density at radius 1 is 1.10 bits per heavy atom. The summed E-state index contributed by atoms with van der Waals surface area (Å²) in [5.74, 6) is -1.05. The molecule has 0 aromatic heterocycles. The highest BCUT2D eigenvalue weighted by Crippen LogP contribution is 2.41. The second kappa shape index (κ2) is 9.12. The molecule has 1 atom stereocenters. The summed E-state index contributed by atoms with van der Waals surface area (Å²) in [5.41, 5.74) is -1.66. The smallest absolute Gasteiger partial charge is 0.296 e. The van der Waals surface area contributed by atoms with Crippen molar-refractivity contribution in [3.8, 4) is 6.07 Å². The van der Waals surface area contributed by atoms with E-state index in [1.54, 1.807) is 6.07 Å². The van der Waals surface area contributed by atoms with Crippen molar-refractivity contribution in [3.63, 3.8) is 0 Å². The molecule has 0 heterocycles. The number of hydrogen-bond donors (Lipinski definition) is 0. The molecule has 2 aromatic carbocycles. The third-order valence-corrected chi connectivity index (χ3v) is 7.22. The molecular formula is C18H11Cl3F3N3O3S. The van der Waals surface area contributed by atoms with Crippen LogP contribution in [0.5, 0.6) is 0 Å². The van der Waals surface area contributed by atoms with Crippen molar-refractivity contribution in [2.45, 2.75) is 29.3 Å². The molecule has 0 aliphatic carbocycles. The number of carbonyl (C=O) groups is 1. The minimum absolute atomic E-state index is 0.220. The molecule has 0 amide bonds. The second-order valence-electron chi connectivity index (χ2n) is 6.12. The molecule has 0 saturated carbocycles. The zero-order chi connectivity index (χ0) is 23.6. The molecule has 0 N–H and O–H groups in total. The summed E-state index contributed by atoms with van der Waals surface area (Å²) >= 11 is 17.4. The van der Waals surface area contributed by atoms with Gasteiger partial charge in [-0.3, -0.25) is 4.79 Å². The number of Topliss-reactive ketones (excluding diaryl/α,β-unsaturated/α-hetero) is 1. The molecule has 2 rings (SSSR count). The molecule has 0 saturated heterocycles. The molecule has 0 aliphatic heterocycles. The molecular weight excluding hydrogens is 502 g/mol. The highest BCUT2D eigenvalue weighted by Gasteiger charge is 2.50. The van der Waals surface area contributed by atoms with Gasteiger partial charge in [0.15, 0.2) is 5.78 Å². The van der Waals surface area contributed by atoms with E-state index in [-0.39, 0.29) is 9.92 Å². The van der Waals surface area contributed by atoms with Crippen LogP contribution in [0.3, 0.4) is 0 Å². The summed E-state index contributed by atoms with van der Waals surface area (Å²) in [4.78, 5) is 9.34. The SMILES string of the molecule is CC(=O)C(CC#N)(N=Nc1c(Cl)cc(C(F)(F)F)cc1Cl)S(=O)(=O)c1ccc(Cl)cc1. The molecule has 0 aliphatic rings. The van der Waals surface area contributed by atoms with Gasteiger partial charge >= 0.3 is 6.18 Å². The lowest BCUT2D eigenvalue weighted by atomic mass is 10.1. The number of azo groups is 1. The van der Waals surface area contributed by atoms with E-state index in [0.717, 1.165) is 19.1 Å². The van der Waals surface area contributed by atoms with Gasteiger partial charge in [0.1, 0.15) is 5.69 Å². The standard InChI is InChI=1S/C18H11Cl3F3N3O3S/c1-10(28)17(6-7-25,31(29,30)13-4-2-12(19)3-5-13)27-26-16-14(20)8-11(9-15(16)21)18(22,23)24/h2-5,8-9H,6H2,1H3. The van der Waals surface area contributed by atoms with Crippen LogP contribution < -0.4 is 0 Å². The third kappa shape index (κ3) is 5.01. The number of hydrogen-bond acceptors (Lipinski definition) is 6. The van der Waals surface area contributed by atoms with Gasteiger partial charge in [-0.2, -0.15) is 28.7 Å². The van der Waals surface area contributed by atoms with Crippen LogP contribution in [-0.2, 0) is 20.8 Å². The van der Waals surface area contributed by atoms with E-state index in [2.05, 4.69) is 10.2 Å². The summed E-state index contributed by atoms with van der Waals surface area (Å²) in [5, 5.41) is 15.4. The van der Waals surface area contributed by atoms with E-state index < -0.39 is 54.4 Å². The maximum Gasteiger partial charge on any atom is 0.416 e. The highest BCUT2D eigenvalue weighted by atomic mass is 35.5. The summed E-state index contributed by atoms with van der Waals surface area (Å²) in [6, 6.07) is 7.36. The fraction of sp³-hybridized carbons (Fsp3) is 0.222. The lowest BCUT2D eigenvalue weighted by Gasteiger charge is -2.23. The summed E-state index contributed by atoms with van der Waals surface area (Å²) in [6.45, 7) is 0.889. The Balaban J connectivity index is 2.69. The average Bonchev–Trinajstić information content (AvgIpc) is 2.65. The second-order valence-corrected chi connectivity index (χ2v) is 9.52. The Hall–Kier alpha value is -2.19. The molecule has 31 heavy (non-hydrogen) atoms. The first-order valence-electron chi connectivity index (χ1n) is 8.13. The maximum atomic E-state index is 13.2. The summed E-state index contributed by atoms with van der Waals surface area (Å²) in [6.07, 6.45) is -5.67. The van der Waals surface area contributed by atoms with E-state index in [4.69, 9.17) is 34.8 Å². The van der Waals surface area contributed by atoms with Crippen molar-refractivity contribution in [3.05, 3.63) is 57.0 Å². The lowest BCUT2D eigenvalue weighted by molar-refractivity contribution is -0.137. The predicted octanol–water partition coefficient (Wildman–Crippen LogP) is 6.42. The number of nitrogens with zero attached hydrogens (tertiary/aromatic N) is 3. The van der Waals surface area contributed by atoms with Gasteiger partial charge in [-0.1, -0.05) is 34.8 Å². The van der Waals surface area contributed by atoms with Gasteiger partial charge < -0.3 is 0 Å². The largest absolute Gasteiger partial charge is 0.416 e. The van der Waals surface area contributed by atoms with Crippen molar-refractivity contribution in [2.75, 3.05) is 0 Å². The molecule has 2 aromatic rings. The summed E-state index contributed by atoms with van der Waals surface area (Å²) in [7, 11) is -4.63. The van der Waals surface area contributed by atoms with Crippen molar-refractivity contribution in [2.24, 2.45) is 10.2 Å². The number of carbonyl (C=O) groups excluding carboxylic acids is 1. The molecule has 0 spiro atoms. The van der Waals surface area contributed by atoms with E-state index in [9.17, 15) is 31.6 Å². The van der Waals surface area contributed by atoms with Crippen molar-refractivity contribution >= 4 is 56.1 Å². The van der Waals surface area contributed by atoms with Gasteiger partial charge in [0.2, 0.25) is 9.84 Å². The monoisotopic (exact) mass is 511 g/mol. The van der Waals surface area contributed by atoms with Crippen LogP contribution in [0.25, 0.3) is 0 Å². The topological polar surface area (TPSA) is 99.7 Å². The first-order chi connectivity index (χ1) is 14.3. The molecule has 0 radical (unpaired) electrons. The van der Waals surface area contributed by atoms with E-state index in [0.29, 0.717) is 12.1 Å². The number of ketones is 1. The van der Waals surface area contributed by atoms with Gasteiger partial charge in [-0.05, 0) is 43.3 Å². The normalized spacial score (nSPS) is 14.3. The first-order valence-corrected chi connectivity index (χ1v) is 10.8. The van der Waals surface area contributed by atoms with Gasteiger partial charge in [-0.25, -0.2) is 8.42 Å². The molecule has 13 heteroatoms. The van der Waals surface area contributed by atoms with Crippen LogP contribution in [0.1, 0.15) is 18.9 Å². The minimum atomic E-state index is -4.75. The summed E-state index contributed by atoms with van der Waals surface area (Å²) < 4.78 is 65.1. The molecule has 6 nitrogen and oxygen atoms in total. The van der Waals surface area contributed by atoms with Crippen molar-refractivity contribution in [1.29, 1.82) is 5.26 Å². The van der Waals surface area contributed by atoms with Crippen molar-refractivity contribution < 1.29 is 26.4 Å². The Bertz CT molecular complexity index is 1170. The maximum absolute atomic E-state index is 13.2. The number of benzene rings is 2. The molecule has 164 valence electrons. The van der Waals surface area contributed by atoms with Crippen LogP contribution in [0.4, 0.5) is 18.9 Å². The van der Waals surface area contributed by atoms with E-state index in [1.165, 1.54) is 12.1 Å². The minimum Gasteiger partial charge on any atom is -0.296 e. The quantitative estimate of drug-likeness (QED) is 0.417. The number of nitriles is 1. The average molecular weight is 513 g/mol. The molecule has 0 bridgehead atoms. The van der Waals surface area contributed by atoms with Crippen LogP contribution in [0.2, 0.25) is 15.1 Å². The molecule has 1 unspecified atom stereocenters. The number of sulfone groups is 1. The number of alkyl halides is 3. The van der Waals surface area contributed by atoms with Crippen LogP contribution in [-0.4, -0.2) is 19.1 Å². The zero-order valence-corrected chi connectivity index (χ0v) is 18.5. The molecule has 0 fully saturated rings. The highest BCUT2D eigenvalue weighted by molar-refractivity contribution is 7.93. The Morgan fingerprint density at radius 2 is 1.61 bits per heavy atom. The van der Waals surface area contributed by atoms with Crippen LogP contribution in [0, 0.1) is 11.3 Å². The Kier molecular flexibility index (Phi) is 7.38. The third-order valence-electron chi connectivity index (χ3n) is 4.09. The zero-order valence-electron chi connectivity index (χ0n) is 15.4. The Labute approximate surface area is 190 Å². The van der Waals surface area contributed by atoms with Gasteiger partial charge in [0.25, 0.3) is 4.87 Å². The van der Waals surface area contributed by atoms with Crippen LogP contribution in [0.15, 0.2) is 51.5 Å². The predicted molar refractivity (Wildman–Crippen MR) is 108 cm³/mol. The lowest BCUT2D eigenvalue weighted by Crippen LogP contribution is -2.43. The van der Waals surface area contributed by atoms with Crippen molar-refractivity contribution in [1.82, 2.24) is 0 Å². The van der Waals surface area contributed by atoms with Gasteiger partial charge in [-0.15, -0.1) is 0 Å². The van der Waals surface area contributed by atoms with Gasteiger partial charge in [0, 0.05) is 5.02 Å². The van der Waals surface area contributed by atoms with E-state index in [1.807, 2.05) is 0 Å². The van der Waals surface area contributed by atoms with E-state index >= 15 is 0 Å². The Morgan fingerprint density at radius 3 is 2.03 bits per heavy atom. The van der Waals surface area contributed by atoms with Crippen LogP contribution >= 0.6 is 34.8 Å². The van der Waals surface area contributed by atoms with Gasteiger partial charge in [0.05, 0.1) is 33.0 Å². The number of rotatable bonds is 6. The fourth-order valence-electron chi connectivity index (χ4n) is 2.44. The first kappa shape index (κ1) is 25.1. The number of halogens is 6. The fourth-order valence-corrected chi connectivity index (χ4v) is 4.79.